The average molecular weight is 316 g/mol. The standard InChI is InChI=1S/C23H24O/c1-15-12-18-13-19(21-10-11-23(3,4)24-21)14-20(18)22(16(15)2)17-8-6-5-7-9-17/h5-10,12,14H,11,13H2,1-4H3. The van der Waals surface area contributed by atoms with Gasteiger partial charge in [0.05, 0.1) is 0 Å². The van der Waals surface area contributed by atoms with Crippen LogP contribution in [0.5, 0.6) is 0 Å². The third kappa shape index (κ3) is 2.49. The average Bonchev–Trinajstić information content (AvgIpc) is 3.12. The van der Waals surface area contributed by atoms with Gasteiger partial charge < -0.3 is 4.74 Å². The second-order valence-electron chi connectivity index (χ2n) is 7.61. The van der Waals surface area contributed by atoms with E-state index in [9.17, 15) is 0 Å². The van der Waals surface area contributed by atoms with E-state index in [2.05, 4.69) is 76.2 Å². The van der Waals surface area contributed by atoms with Crippen LogP contribution in [0.3, 0.4) is 0 Å². The Labute approximate surface area is 144 Å². The Hall–Kier alpha value is -2.28. The summed E-state index contributed by atoms with van der Waals surface area (Å²) in [6.45, 7) is 8.76. The summed E-state index contributed by atoms with van der Waals surface area (Å²) in [6.07, 6.45) is 6.55. The maximum Gasteiger partial charge on any atom is 0.119 e. The molecule has 0 N–H and O–H groups in total. The Morgan fingerprint density at radius 2 is 1.79 bits per heavy atom. The Balaban J connectivity index is 1.82. The molecule has 4 rings (SSSR count). The van der Waals surface area contributed by atoms with Gasteiger partial charge in [0.15, 0.2) is 0 Å². The van der Waals surface area contributed by atoms with E-state index < -0.39 is 0 Å². The highest BCUT2D eigenvalue weighted by Crippen LogP contribution is 2.42. The number of fused-ring (bicyclic) bond motifs is 1. The van der Waals surface area contributed by atoms with Gasteiger partial charge in [-0.2, -0.15) is 0 Å². The summed E-state index contributed by atoms with van der Waals surface area (Å²) in [5.74, 6) is 1.07. The van der Waals surface area contributed by atoms with Crippen LogP contribution in [0, 0.1) is 13.8 Å². The minimum atomic E-state index is -0.0704. The number of rotatable bonds is 2. The highest BCUT2D eigenvalue weighted by molar-refractivity contribution is 5.85. The van der Waals surface area contributed by atoms with Gasteiger partial charge in [0.25, 0.3) is 0 Å². The summed E-state index contributed by atoms with van der Waals surface area (Å²) in [6, 6.07) is 13.1. The number of hydrogen-bond donors (Lipinski definition) is 0. The van der Waals surface area contributed by atoms with Crippen LogP contribution in [0.2, 0.25) is 0 Å². The zero-order valence-electron chi connectivity index (χ0n) is 14.9. The zero-order valence-corrected chi connectivity index (χ0v) is 14.9. The van der Waals surface area contributed by atoms with E-state index in [1.165, 1.54) is 39.0 Å². The summed E-state index contributed by atoms with van der Waals surface area (Å²) >= 11 is 0. The molecule has 1 aliphatic carbocycles. The minimum Gasteiger partial charge on any atom is -0.488 e. The number of aryl methyl sites for hydroxylation is 1. The van der Waals surface area contributed by atoms with Crippen LogP contribution in [-0.4, -0.2) is 5.60 Å². The molecular weight excluding hydrogens is 292 g/mol. The van der Waals surface area contributed by atoms with Crippen LogP contribution in [-0.2, 0) is 11.2 Å². The molecule has 0 aromatic heterocycles. The number of hydrogen-bond acceptors (Lipinski definition) is 1. The first-order valence-corrected chi connectivity index (χ1v) is 8.73. The van der Waals surface area contributed by atoms with Gasteiger partial charge in [0.2, 0.25) is 0 Å². The molecule has 0 spiro atoms. The molecule has 0 amide bonds. The molecule has 24 heavy (non-hydrogen) atoms. The van der Waals surface area contributed by atoms with Crippen molar-refractivity contribution in [2.45, 2.75) is 46.1 Å². The lowest BCUT2D eigenvalue weighted by atomic mass is 9.90. The predicted octanol–water partition coefficient (Wildman–Crippen LogP) is 5.99. The topological polar surface area (TPSA) is 9.23 Å². The van der Waals surface area contributed by atoms with Crippen molar-refractivity contribution < 1.29 is 4.74 Å². The van der Waals surface area contributed by atoms with Crippen molar-refractivity contribution in [3.8, 4) is 11.1 Å². The van der Waals surface area contributed by atoms with Crippen LogP contribution < -0.4 is 0 Å². The molecule has 0 fully saturated rings. The van der Waals surface area contributed by atoms with E-state index in [4.69, 9.17) is 4.74 Å². The monoisotopic (exact) mass is 316 g/mol. The first-order chi connectivity index (χ1) is 11.4. The maximum absolute atomic E-state index is 6.16. The molecule has 0 bridgehead atoms. The van der Waals surface area contributed by atoms with E-state index in [0.717, 1.165) is 18.6 Å². The molecule has 0 unspecified atom stereocenters. The van der Waals surface area contributed by atoms with Crippen LogP contribution in [0.1, 0.15) is 42.5 Å². The molecule has 0 atom stereocenters. The largest absolute Gasteiger partial charge is 0.488 e. The van der Waals surface area contributed by atoms with Gasteiger partial charge in [-0.15, -0.1) is 0 Å². The van der Waals surface area contributed by atoms with Gasteiger partial charge in [-0.3, -0.25) is 0 Å². The second kappa shape index (κ2) is 5.37. The molecule has 1 aliphatic heterocycles. The van der Waals surface area contributed by atoms with Crippen molar-refractivity contribution in [1.29, 1.82) is 0 Å². The molecule has 0 radical (unpaired) electrons. The number of ether oxygens (including phenoxy) is 1. The van der Waals surface area contributed by atoms with Crippen molar-refractivity contribution in [1.82, 2.24) is 0 Å². The fourth-order valence-corrected chi connectivity index (χ4v) is 3.80. The van der Waals surface area contributed by atoms with Gasteiger partial charge >= 0.3 is 0 Å². The molecular formula is C23H24O. The van der Waals surface area contributed by atoms with Gasteiger partial charge in [-0.05, 0) is 78.8 Å². The highest BCUT2D eigenvalue weighted by atomic mass is 16.5. The smallest absolute Gasteiger partial charge is 0.119 e. The number of allylic oxidation sites excluding steroid dienone is 1. The van der Waals surface area contributed by atoms with Crippen molar-refractivity contribution >= 4 is 6.08 Å². The quantitative estimate of drug-likeness (QED) is 0.661. The molecule has 2 aromatic rings. The van der Waals surface area contributed by atoms with Crippen molar-refractivity contribution in [2.75, 3.05) is 0 Å². The summed E-state index contributed by atoms with van der Waals surface area (Å²) in [4.78, 5) is 0. The first-order valence-electron chi connectivity index (χ1n) is 8.73. The molecule has 2 aliphatic rings. The van der Waals surface area contributed by atoms with Gasteiger partial charge in [0.1, 0.15) is 11.4 Å². The van der Waals surface area contributed by atoms with E-state index >= 15 is 0 Å². The summed E-state index contributed by atoms with van der Waals surface area (Å²) in [5, 5.41) is 0. The normalized spacial score (nSPS) is 18.0. The van der Waals surface area contributed by atoms with Crippen LogP contribution in [0.25, 0.3) is 17.2 Å². The van der Waals surface area contributed by atoms with Gasteiger partial charge in [-0.25, -0.2) is 0 Å². The Kier molecular flexibility index (Phi) is 3.42. The second-order valence-corrected chi connectivity index (χ2v) is 7.61. The fourth-order valence-electron chi connectivity index (χ4n) is 3.80. The summed E-state index contributed by atoms with van der Waals surface area (Å²) < 4.78 is 6.16. The molecule has 0 saturated carbocycles. The zero-order chi connectivity index (χ0) is 16.9. The highest BCUT2D eigenvalue weighted by Gasteiger charge is 2.30. The van der Waals surface area contributed by atoms with Crippen LogP contribution in [0.4, 0.5) is 0 Å². The van der Waals surface area contributed by atoms with Gasteiger partial charge in [-0.1, -0.05) is 36.4 Å². The first kappa shape index (κ1) is 15.3. The van der Waals surface area contributed by atoms with E-state index in [1.54, 1.807) is 0 Å². The van der Waals surface area contributed by atoms with Crippen LogP contribution >= 0.6 is 0 Å². The Bertz CT molecular complexity index is 867. The van der Waals surface area contributed by atoms with Crippen molar-refractivity contribution in [3.05, 3.63) is 76.1 Å². The SMILES string of the molecule is Cc1cc2c(c(-c3ccccc3)c1C)C=C(C1=CCC(C)(C)O1)C2. The lowest BCUT2D eigenvalue weighted by Gasteiger charge is -2.20. The summed E-state index contributed by atoms with van der Waals surface area (Å²) in [7, 11) is 0. The third-order valence-corrected chi connectivity index (χ3v) is 5.22. The minimum absolute atomic E-state index is 0.0704. The molecule has 1 nitrogen and oxygen atoms in total. The van der Waals surface area contributed by atoms with Crippen molar-refractivity contribution in [3.63, 3.8) is 0 Å². The lowest BCUT2D eigenvalue weighted by Crippen LogP contribution is -2.17. The predicted molar refractivity (Wildman–Crippen MR) is 101 cm³/mol. The van der Waals surface area contributed by atoms with E-state index in [1.807, 2.05) is 0 Å². The lowest BCUT2D eigenvalue weighted by molar-refractivity contribution is 0.0659. The maximum atomic E-state index is 6.16. The van der Waals surface area contributed by atoms with Gasteiger partial charge in [0, 0.05) is 12.8 Å². The molecule has 2 aromatic carbocycles. The number of benzene rings is 2. The van der Waals surface area contributed by atoms with E-state index in [-0.39, 0.29) is 5.60 Å². The molecule has 122 valence electrons. The third-order valence-electron chi connectivity index (χ3n) is 5.22. The molecule has 0 saturated heterocycles. The molecule has 1 heteroatoms. The summed E-state index contributed by atoms with van der Waals surface area (Å²) in [5.41, 5.74) is 9.45. The fraction of sp³-hybridized carbons (Fsp3) is 0.304. The van der Waals surface area contributed by atoms with Crippen LogP contribution in [0.15, 0.2) is 53.8 Å². The van der Waals surface area contributed by atoms with Crippen molar-refractivity contribution in [2.24, 2.45) is 0 Å². The van der Waals surface area contributed by atoms with E-state index in [0.29, 0.717) is 0 Å². The molecule has 1 heterocycles. The Morgan fingerprint density at radius 1 is 1.04 bits per heavy atom. The Morgan fingerprint density at radius 3 is 2.46 bits per heavy atom.